The van der Waals surface area contributed by atoms with E-state index >= 15 is 0 Å². The van der Waals surface area contributed by atoms with Crippen LogP contribution in [0.25, 0.3) is 0 Å². The van der Waals surface area contributed by atoms with Crippen LogP contribution in [0.2, 0.25) is 0 Å². The summed E-state index contributed by atoms with van der Waals surface area (Å²) in [7, 11) is 0. The molecule has 0 aromatic heterocycles. The fourth-order valence-corrected chi connectivity index (χ4v) is 1.39. The molecule has 2 aliphatic heterocycles. The van der Waals surface area contributed by atoms with Crippen LogP contribution in [0.1, 0.15) is 6.42 Å². The van der Waals surface area contributed by atoms with Crippen molar-refractivity contribution < 1.29 is 4.79 Å². The van der Waals surface area contributed by atoms with Crippen molar-refractivity contribution in [2.24, 2.45) is 15.9 Å². The summed E-state index contributed by atoms with van der Waals surface area (Å²) < 4.78 is 0. The van der Waals surface area contributed by atoms with Gasteiger partial charge < -0.3 is 5.32 Å². The van der Waals surface area contributed by atoms with Crippen LogP contribution >= 0.6 is 0 Å². The molecule has 0 spiro atoms. The maximum atomic E-state index is 11.1. The molecule has 1 unspecified atom stereocenters. The molecule has 58 valence electrons. The lowest BCUT2D eigenvalue weighted by molar-refractivity contribution is -0.119. The lowest BCUT2D eigenvalue weighted by atomic mass is 9.96. The van der Waals surface area contributed by atoms with Crippen molar-refractivity contribution in [1.82, 2.24) is 5.32 Å². The Balaban J connectivity index is 2.25. The number of hydrogen-bond donors (Lipinski definition) is 1. The van der Waals surface area contributed by atoms with E-state index in [4.69, 9.17) is 0 Å². The number of carbonyl (C=O) groups excluding carboxylic acids is 1. The summed E-state index contributed by atoms with van der Waals surface area (Å²) in [6.07, 6.45) is 2.24. The molecule has 2 rings (SSSR count). The Bertz CT molecular complexity index is 244. The number of fused-ring (bicyclic) bond motifs is 1. The van der Waals surface area contributed by atoms with Gasteiger partial charge in [-0.05, 0) is 6.42 Å². The number of carbonyl (C=O) groups is 1. The van der Waals surface area contributed by atoms with Crippen LogP contribution in [-0.4, -0.2) is 31.0 Å². The quantitative estimate of drug-likeness (QED) is 0.512. The van der Waals surface area contributed by atoms with Crippen molar-refractivity contribution in [2.75, 3.05) is 13.1 Å². The molecule has 1 amide bonds. The van der Waals surface area contributed by atoms with Gasteiger partial charge in [-0.25, -0.2) is 9.98 Å². The zero-order valence-electron chi connectivity index (χ0n) is 6.08. The molecule has 4 heteroatoms. The van der Waals surface area contributed by atoms with Gasteiger partial charge in [-0.2, -0.15) is 0 Å². The highest BCUT2D eigenvalue weighted by atomic mass is 16.1. The molecule has 1 saturated heterocycles. The highest BCUT2D eigenvalue weighted by Crippen LogP contribution is 2.12. The number of piperidine rings is 1. The minimum Gasteiger partial charge on any atom is -0.315 e. The van der Waals surface area contributed by atoms with Crippen molar-refractivity contribution >= 4 is 18.0 Å². The van der Waals surface area contributed by atoms with E-state index < -0.39 is 0 Å². The fraction of sp³-hybridized carbons (Fsp3) is 0.571. The van der Waals surface area contributed by atoms with Crippen molar-refractivity contribution in [1.29, 1.82) is 0 Å². The Kier molecular flexibility index (Phi) is 1.54. The second-order valence-corrected chi connectivity index (χ2v) is 2.71. The molecule has 1 fully saturated rings. The lowest BCUT2D eigenvalue weighted by Gasteiger charge is -2.23. The zero-order valence-corrected chi connectivity index (χ0v) is 6.08. The first-order valence-corrected chi connectivity index (χ1v) is 3.71. The van der Waals surface area contributed by atoms with Gasteiger partial charge in [0.1, 0.15) is 6.34 Å². The molecule has 2 aliphatic rings. The first kappa shape index (κ1) is 6.67. The highest BCUT2D eigenvalue weighted by Gasteiger charge is 2.27. The lowest BCUT2D eigenvalue weighted by Crippen LogP contribution is -2.42. The molecule has 0 aromatic carbocycles. The predicted molar refractivity (Wildman–Crippen MR) is 41.9 cm³/mol. The molecular formula is C7H9N3O. The molecule has 0 saturated carbocycles. The molecule has 2 heterocycles. The Hall–Kier alpha value is -1.03. The van der Waals surface area contributed by atoms with Crippen LogP contribution in [0, 0.1) is 5.92 Å². The van der Waals surface area contributed by atoms with E-state index in [0.717, 1.165) is 18.7 Å². The van der Waals surface area contributed by atoms with Crippen LogP contribution in [-0.2, 0) is 4.79 Å². The molecule has 1 atom stereocenters. The number of hydrogen-bond acceptors (Lipinski definition) is 3. The van der Waals surface area contributed by atoms with Gasteiger partial charge in [-0.1, -0.05) is 0 Å². The molecule has 0 aliphatic carbocycles. The molecule has 0 aromatic rings. The summed E-state index contributed by atoms with van der Waals surface area (Å²) in [6, 6.07) is 0. The number of amides is 1. The molecule has 4 nitrogen and oxygen atoms in total. The first-order valence-electron chi connectivity index (χ1n) is 3.71. The van der Waals surface area contributed by atoms with Gasteiger partial charge in [-0.15, -0.1) is 0 Å². The van der Waals surface area contributed by atoms with Gasteiger partial charge in [0.2, 0.25) is 0 Å². The van der Waals surface area contributed by atoms with E-state index in [2.05, 4.69) is 15.3 Å². The van der Waals surface area contributed by atoms with E-state index in [1.807, 2.05) is 0 Å². The van der Waals surface area contributed by atoms with Gasteiger partial charge in [0.05, 0.1) is 5.92 Å². The van der Waals surface area contributed by atoms with E-state index in [0.29, 0.717) is 6.54 Å². The van der Waals surface area contributed by atoms with Crippen molar-refractivity contribution in [3.63, 3.8) is 0 Å². The third-order valence-electron chi connectivity index (χ3n) is 2.02. The van der Waals surface area contributed by atoms with Gasteiger partial charge in [0.15, 0.2) is 0 Å². The topological polar surface area (TPSA) is 53.8 Å². The third-order valence-corrected chi connectivity index (χ3v) is 2.02. The summed E-state index contributed by atoms with van der Waals surface area (Å²) in [4.78, 5) is 18.8. The Morgan fingerprint density at radius 3 is 3.36 bits per heavy atom. The van der Waals surface area contributed by atoms with Crippen LogP contribution < -0.4 is 5.32 Å². The van der Waals surface area contributed by atoms with Crippen LogP contribution in [0.5, 0.6) is 0 Å². The average molecular weight is 151 g/mol. The molecule has 1 N–H and O–H groups in total. The van der Waals surface area contributed by atoms with E-state index in [1.54, 1.807) is 0 Å². The van der Waals surface area contributed by atoms with Crippen molar-refractivity contribution in [3.8, 4) is 0 Å². The minimum atomic E-state index is -0.0752. The number of nitrogens with one attached hydrogen (secondary N) is 1. The van der Waals surface area contributed by atoms with Gasteiger partial charge >= 0.3 is 0 Å². The van der Waals surface area contributed by atoms with E-state index in [9.17, 15) is 4.79 Å². The minimum absolute atomic E-state index is 0.0535. The second-order valence-electron chi connectivity index (χ2n) is 2.71. The zero-order chi connectivity index (χ0) is 7.68. The number of nitrogens with zero attached hydrogens (tertiary/aromatic N) is 2. The number of rotatable bonds is 0. The maximum Gasteiger partial charge on any atom is 0.257 e. The summed E-state index contributed by atoms with van der Waals surface area (Å²) in [5, 5.41) is 3.14. The summed E-state index contributed by atoms with van der Waals surface area (Å²) in [6.45, 7) is 1.63. The summed E-state index contributed by atoms with van der Waals surface area (Å²) in [5.74, 6) is -0.129. The van der Waals surface area contributed by atoms with Crippen LogP contribution in [0.15, 0.2) is 9.98 Å². The smallest absolute Gasteiger partial charge is 0.257 e. The molecule has 0 radical (unpaired) electrons. The van der Waals surface area contributed by atoms with Crippen LogP contribution in [0.4, 0.5) is 0 Å². The third kappa shape index (κ3) is 1.09. The fourth-order valence-electron chi connectivity index (χ4n) is 1.39. The summed E-state index contributed by atoms with van der Waals surface area (Å²) >= 11 is 0. The monoisotopic (exact) mass is 151 g/mol. The van der Waals surface area contributed by atoms with Crippen molar-refractivity contribution in [3.05, 3.63) is 0 Å². The highest BCUT2D eigenvalue weighted by molar-refractivity contribution is 6.12. The molecule has 0 bridgehead atoms. The number of aliphatic imine (C=N–C) groups is 2. The second kappa shape index (κ2) is 2.54. The first-order chi connectivity index (χ1) is 5.38. The normalized spacial score (nSPS) is 29.6. The van der Waals surface area contributed by atoms with Gasteiger partial charge in [0.25, 0.3) is 5.91 Å². The van der Waals surface area contributed by atoms with E-state index in [1.165, 1.54) is 6.34 Å². The van der Waals surface area contributed by atoms with Gasteiger partial charge in [-0.3, -0.25) is 4.79 Å². The maximum absolute atomic E-state index is 11.1. The Morgan fingerprint density at radius 2 is 2.55 bits per heavy atom. The standard InChI is InChI=1S/C7H9N3O/c11-7-5-3-8-2-1-6(5)9-4-10-7/h4-5,8H,1-3H2. The van der Waals surface area contributed by atoms with Crippen LogP contribution in [0.3, 0.4) is 0 Å². The van der Waals surface area contributed by atoms with E-state index in [-0.39, 0.29) is 11.8 Å². The average Bonchev–Trinajstić information content (AvgIpc) is 2.06. The predicted octanol–water partition coefficient (Wildman–Crippen LogP) is -0.395. The SMILES string of the molecule is O=C1N=CN=C2CCNCC12. The molecule has 11 heavy (non-hydrogen) atoms. The Morgan fingerprint density at radius 1 is 1.64 bits per heavy atom. The summed E-state index contributed by atoms with van der Waals surface area (Å²) in [5.41, 5.74) is 0.990. The van der Waals surface area contributed by atoms with Crippen molar-refractivity contribution in [2.45, 2.75) is 6.42 Å². The van der Waals surface area contributed by atoms with Gasteiger partial charge in [0, 0.05) is 18.8 Å². The largest absolute Gasteiger partial charge is 0.315 e. The Labute approximate surface area is 64.4 Å². The molecular weight excluding hydrogens is 142 g/mol.